The predicted octanol–water partition coefficient (Wildman–Crippen LogP) is 3.42. The summed E-state index contributed by atoms with van der Waals surface area (Å²) >= 11 is 0. The number of hydrogen-bond donors (Lipinski definition) is 0. The molecule has 0 bridgehead atoms. The Hall–Kier alpha value is -3.15. The van der Waals surface area contributed by atoms with Gasteiger partial charge in [0.2, 0.25) is 0 Å². The minimum atomic E-state index is -0.0698. The number of aryl methyl sites for hydroxylation is 1. The minimum absolute atomic E-state index is 0.0452. The van der Waals surface area contributed by atoms with Crippen molar-refractivity contribution in [2.24, 2.45) is 0 Å². The van der Waals surface area contributed by atoms with Crippen molar-refractivity contribution in [2.45, 2.75) is 19.9 Å². The Balaban J connectivity index is 1.78. The smallest absolute Gasteiger partial charge is 0.254 e. The van der Waals surface area contributed by atoms with Crippen LogP contribution < -0.4 is 4.74 Å². The van der Waals surface area contributed by atoms with Crippen molar-refractivity contribution in [1.29, 1.82) is 0 Å². The van der Waals surface area contributed by atoms with Gasteiger partial charge in [-0.25, -0.2) is 9.67 Å². The van der Waals surface area contributed by atoms with Crippen LogP contribution in [0.1, 0.15) is 34.5 Å². The van der Waals surface area contributed by atoms with Gasteiger partial charge in [-0.15, -0.1) is 0 Å². The molecule has 0 saturated heterocycles. The van der Waals surface area contributed by atoms with Gasteiger partial charge in [-0.2, -0.15) is 5.10 Å². The molecule has 0 spiro atoms. The number of amides is 1. The van der Waals surface area contributed by atoms with E-state index in [-0.39, 0.29) is 11.9 Å². The number of rotatable bonds is 5. The van der Waals surface area contributed by atoms with E-state index in [2.05, 4.69) is 10.1 Å². The summed E-state index contributed by atoms with van der Waals surface area (Å²) in [7, 11) is 3.42. The molecule has 0 aliphatic carbocycles. The van der Waals surface area contributed by atoms with Gasteiger partial charge in [0.15, 0.2) is 0 Å². The lowest BCUT2D eigenvalue weighted by molar-refractivity contribution is 0.0742. The van der Waals surface area contributed by atoms with Gasteiger partial charge in [0.25, 0.3) is 5.91 Å². The molecule has 2 aromatic carbocycles. The van der Waals surface area contributed by atoms with E-state index in [4.69, 9.17) is 4.74 Å². The maximum Gasteiger partial charge on any atom is 0.254 e. The van der Waals surface area contributed by atoms with Crippen LogP contribution in [-0.4, -0.2) is 39.7 Å². The van der Waals surface area contributed by atoms with Gasteiger partial charge in [0.1, 0.15) is 18.4 Å². The minimum Gasteiger partial charge on any atom is -0.496 e. The molecule has 134 valence electrons. The Morgan fingerprint density at radius 3 is 2.54 bits per heavy atom. The van der Waals surface area contributed by atoms with Gasteiger partial charge in [-0.1, -0.05) is 18.2 Å². The first-order chi connectivity index (χ1) is 12.5. The number of carbonyl (C=O) groups is 1. The van der Waals surface area contributed by atoms with Crippen molar-refractivity contribution in [3.05, 3.63) is 71.8 Å². The van der Waals surface area contributed by atoms with Crippen LogP contribution in [0.15, 0.2) is 55.1 Å². The van der Waals surface area contributed by atoms with Crippen LogP contribution in [0.25, 0.3) is 5.69 Å². The second kappa shape index (κ2) is 7.39. The number of carbonyl (C=O) groups excluding carboxylic acids is 1. The first kappa shape index (κ1) is 17.7. The summed E-state index contributed by atoms with van der Waals surface area (Å²) in [4.78, 5) is 18.5. The molecule has 0 fully saturated rings. The van der Waals surface area contributed by atoms with Gasteiger partial charge in [0, 0.05) is 12.6 Å². The van der Waals surface area contributed by atoms with Gasteiger partial charge in [-0.05, 0) is 49.2 Å². The highest BCUT2D eigenvalue weighted by Crippen LogP contribution is 2.24. The number of hydrogen-bond acceptors (Lipinski definition) is 4. The number of aromatic nitrogens is 3. The van der Waals surface area contributed by atoms with Crippen LogP contribution >= 0.6 is 0 Å². The fourth-order valence-corrected chi connectivity index (χ4v) is 2.80. The van der Waals surface area contributed by atoms with Gasteiger partial charge < -0.3 is 9.64 Å². The predicted molar refractivity (Wildman–Crippen MR) is 99.6 cm³/mol. The lowest BCUT2D eigenvalue weighted by atomic mass is 10.0. The second-order valence-electron chi connectivity index (χ2n) is 6.21. The third-order valence-corrected chi connectivity index (χ3v) is 4.62. The van der Waals surface area contributed by atoms with E-state index in [1.165, 1.54) is 6.33 Å². The molecule has 1 heterocycles. The summed E-state index contributed by atoms with van der Waals surface area (Å²) in [5.41, 5.74) is 3.59. The molecule has 0 N–H and O–H groups in total. The molecule has 0 unspecified atom stereocenters. The van der Waals surface area contributed by atoms with Crippen LogP contribution in [0.3, 0.4) is 0 Å². The van der Waals surface area contributed by atoms with Crippen molar-refractivity contribution < 1.29 is 9.53 Å². The van der Waals surface area contributed by atoms with E-state index in [0.29, 0.717) is 11.3 Å². The van der Waals surface area contributed by atoms with Crippen molar-refractivity contribution in [1.82, 2.24) is 19.7 Å². The molecule has 0 aliphatic rings. The molecule has 1 aromatic heterocycles. The Bertz CT molecular complexity index is 889. The highest BCUT2D eigenvalue weighted by Gasteiger charge is 2.20. The van der Waals surface area contributed by atoms with Gasteiger partial charge >= 0.3 is 0 Å². The molecular formula is C20H22N4O2. The Kier molecular flexibility index (Phi) is 5.02. The van der Waals surface area contributed by atoms with Crippen LogP contribution in [0.2, 0.25) is 0 Å². The summed E-state index contributed by atoms with van der Waals surface area (Å²) in [5.74, 6) is 0.672. The second-order valence-corrected chi connectivity index (χ2v) is 6.21. The standard InChI is InChI=1S/C20H22N4O2/c1-14-5-6-17(11-19(14)26-4)20(25)23(3)15(2)16-7-9-18(10-8-16)24-13-21-12-22-24/h5-13,15H,1-4H3/t15-/m1/s1. The monoisotopic (exact) mass is 350 g/mol. The lowest BCUT2D eigenvalue weighted by Crippen LogP contribution is -2.29. The van der Waals surface area contributed by atoms with E-state index in [1.54, 1.807) is 29.1 Å². The topological polar surface area (TPSA) is 60.2 Å². The van der Waals surface area contributed by atoms with E-state index in [9.17, 15) is 4.79 Å². The molecule has 3 rings (SSSR count). The third-order valence-electron chi connectivity index (χ3n) is 4.62. The third kappa shape index (κ3) is 3.44. The summed E-state index contributed by atoms with van der Waals surface area (Å²) < 4.78 is 7.02. The SMILES string of the molecule is COc1cc(C(=O)N(C)[C@H](C)c2ccc(-n3cncn3)cc2)ccc1C. The summed E-state index contributed by atoms with van der Waals surface area (Å²) in [6, 6.07) is 13.4. The van der Waals surface area contributed by atoms with Crippen molar-refractivity contribution >= 4 is 5.91 Å². The van der Waals surface area contributed by atoms with E-state index >= 15 is 0 Å². The maximum absolute atomic E-state index is 12.8. The molecule has 1 amide bonds. The van der Waals surface area contributed by atoms with Crippen molar-refractivity contribution in [2.75, 3.05) is 14.2 Å². The Morgan fingerprint density at radius 1 is 1.19 bits per heavy atom. The molecule has 6 heteroatoms. The van der Waals surface area contributed by atoms with E-state index in [0.717, 1.165) is 16.8 Å². The maximum atomic E-state index is 12.8. The molecule has 1 atom stereocenters. The molecular weight excluding hydrogens is 328 g/mol. The molecule has 0 radical (unpaired) electrons. The Labute approximate surface area is 153 Å². The number of ether oxygens (including phenoxy) is 1. The zero-order chi connectivity index (χ0) is 18.7. The fraction of sp³-hybridized carbons (Fsp3) is 0.250. The molecule has 6 nitrogen and oxygen atoms in total. The van der Waals surface area contributed by atoms with Crippen LogP contribution in [0.5, 0.6) is 5.75 Å². The largest absolute Gasteiger partial charge is 0.496 e. The van der Waals surface area contributed by atoms with Crippen LogP contribution in [0, 0.1) is 6.92 Å². The van der Waals surface area contributed by atoms with E-state index < -0.39 is 0 Å². The zero-order valence-electron chi connectivity index (χ0n) is 15.4. The summed E-state index contributed by atoms with van der Waals surface area (Å²) in [5, 5.41) is 4.12. The molecule has 0 aliphatic heterocycles. The normalized spacial score (nSPS) is 11.8. The molecule has 3 aromatic rings. The number of nitrogens with zero attached hydrogens (tertiary/aromatic N) is 4. The lowest BCUT2D eigenvalue weighted by Gasteiger charge is -2.26. The number of benzene rings is 2. The fourth-order valence-electron chi connectivity index (χ4n) is 2.80. The average Bonchev–Trinajstić information content (AvgIpc) is 3.21. The zero-order valence-corrected chi connectivity index (χ0v) is 15.4. The Morgan fingerprint density at radius 2 is 1.92 bits per heavy atom. The summed E-state index contributed by atoms with van der Waals surface area (Å²) in [6.45, 7) is 3.96. The van der Waals surface area contributed by atoms with Crippen molar-refractivity contribution in [3.8, 4) is 11.4 Å². The summed E-state index contributed by atoms with van der Waals surface area (Å²) in [6.07, 6.45) is 3.15. The van der Waals surface area contributed by atoms with E-state index in [1.807, 2.05) is 57.3 Å². The van der Waals surface area contributed by atoms with Gasteiger partial charge in [0.05, 0.1) is 18.8 Å². The highest BCUT2D eigenvalue weighted by atomic mass is 16.5. The highest BCUT2D eigenvalue weighted by molar-refractivity contribution is 5.94. The first-order valence-corrected chi connectivity index (χ1v) is 8.38. The molecule has 0 saturated carbocycles. The first-order valence-electron chi connectivity index (χ1n) is 8.38. The number of methoxy groups -OCH3 is 1. The van der Waals surface area contributed by atoms with Crippen molar-refractivity contribution in [3.63, 3.8) is 0 Å². The molecule has 26 heavy (non-hydrogen) atoms. The van der Waals surface area contributed by atoms with Crippen LogP contribution in [0.4, 0.5) is 0 Å². The van der Waals surface area contributed by atoms with Gasteiger partial charge in [-0.3, -0.25) is 4.79 Å². The van der Waals surface area contributed by atoms with Crippen LogP contribution in [-0.2, 0) is 0 Å². The quantitative estimate of drug-likeness (QED) is 0.707. The average molecular weight is 350 g/mol.